The average Bonchev–Trinajstić information content (AvgIpc) is 2.49. The Labute approximate surface area is 92.9 Å². The molecule has 0 spiro atoms. The van der Waals surface area contributed by atoms with Crippen LogP contribution in [0, 0.1) is 5.92 Å². The van der Waals surface area contributed by atoms with Gasteiger partial charge < -0.3 is 10.4 Å². The molecule has 82 valence electrons. The van der Waals surface area contributed by atoms with Gasteiger partial charge in [0.2, 0.25) is 0 Å². The van der Waals surface area contributed by atoms with Gasteiger partial charge in [0.15, 0.2) is 5.82 Å². The number of aromatic nitrogens is 2. The van der Waals surface area contributed by atoms with Crippen LogP contribution in [0.3, 0.4) is 0 Å². The first-order valence-corrected chi connectivity index (χ1v) is 5.70. The fourth-order valence-corrected chi connectivity index (χ4v) is 3.00. The number of aromatic hydroxyl groups is 1. The van der Waals surface area contributed by atoms with Crippen LogP contribution in [0.15, 0.2) is 24.4 Å². The van der Waals surface area contributed by atoms with E-state index in [9.17, 15) is 5.11 Å². The van der Waals surface area contributed by atoms with Gasteiger partial charge in [-0.2, -0.15) is 4.98 Å². The van der Waals surface area contributed by atoms with E-state index in [0.29, 0.717) is 5.54 Å². The second kappa shape index (κ2) is 2.51. The minimum absolute atomic E-state index is 0.0599. The Morgan fingerprint density at radius 3 is 2.88 bits per heavy atom. The van der Waals surface area contributed by atoms with Crippen molar-refractivity contribution in [3.8, 4) is 6.01 Å². The van der Waals surface area contributed by atoms with E-state index in [1.54, 1.807) is 4.40 Å². The number of hydrogen-bond acceptors (Lipinski definition) is 3. The molecule has 4 heteroatoms. The van der Waals surface area contributed by atoms with Crippen molar-refractivity contribution in [2.45, 2.75) is 24.8 Å². The van der Waals surface area contributed by atoms with Gasteiger partial charge in [-0.3, -0.25) is 4.40 Å². The molecule has 3 saturated carbocycles. The van der Waals surface area contributed by atoms with E-state index in [0.717, 1.165) is 17.3 Å². The molecule has 3 aliphatic carbocycles. The van der Waals surface area contributed by atoms with Crippen LogP contribution in [-0.2, 0) is 0 Å². The van der Waals surface area contributed by atoms with E-state index in [1.807, 2.05) is 24.4 Å². The summed E-state index contributed by atoms with van der Waals surface area (Å²) >= 11 is 0. The van der Waals surface area contributed by atoms with Crippen LogP contribution in [0.1, 0.15) is 19.3 Å². The Hall–Kier alpha value is -1.71. The zero-order chi connectivity index (χ0) is 10.8. The third kappa shape index (κ3) is 0.919. The van der Waals surface area contributed by atoms with Crippen molar-refractivity contribution < 1.29 is 5.11 Å². The summed E-state index contributed by atoms with van der Waals surface area (Å²) in [6.45, 7) is 0. The summed E-state index contributed by atoms with van der Waals surface area (Å²) in [5.74, 6) is 1.76. The first-order valence-electron chi connectivity index (χ1n) is 5.70. The normalized spacial score (nSPS) is 30.9. The maximum atomic E-state index is 9.70. The van der Waals surface area contributed by atoms with Gasteiger partial charge in [-0.25, -0.2) is 0 Å². The summed E-state index contributed by atoms with van der Waals surface area (Å²) in [4.78, 5) is 4.19. The number of rotatable bonds is 2. The highest BCUT2D eigenvalue weighted by atomic mass is 16.3. The number of nitrogens with zero attached hydrogens (tertiary/aromatic N) is 2. The minimum Gasteiger partial charge on any atom is -0.480 e. The molecule has 0 saturated heterocycles. The van der Waals surface area contributed by atoms with Crippen molar-refractivity contribution in [2.24, 2.45) is 5.92 Å². The summed E-state index contributed by atoms with van der Waals surface area (Å²) in [6, 6.07) is 5.88. The molecule has 3 fully saturated rings. The number of nitrogens with one attached hydrogen (secondary N) is 1. The molecule has 0 amide bonds. The molecule has 3 aliphatic rings. The highest BCUT2D eigenvalue weighted by Gasteiger charge is 2.57. The first kappa shape index (κ1) is 8.44. The smallest absolute Gasteiger partial charge is 0.300 e. The van der Waals surface area contributed by atoms with E-state index in [1.165, 1.54) is 19.3 Å². The summed E-state index contributed by atoms with van der Waals surface area (Å²) < 4.78 is 1.70. The monoisotopic (exact) mass is 215 g/mol. The van der Waals surface area contributed by atoms with E-state index < -0.39 is 0 Å². The van der Waals surface area contributed by atoms with E-state index >= 15 is 0 Å². The summed E-state index contributed by atoms with van der Waals surface area (Å²) in [5, 5.41) is 13.2. The van der Waals surface area contributed by atoms with Crippen LogP contribution in [0.5, 0.6) is 6.01 Å². The van der Waals surface area contributed by atoms with Crippen molar-refractivity contribution in [3.63, 3.8) is 0 Å². The van der Waals surface area contributed by atoms with Crippen molar-refractivity contribution in [3.05, 3.63) is 24.4 Å². The topological polar surface area (TPSA) is 49.6 Å². The van der Waals surface area contributed by atoms with Crippen LogP contribution in [0.25, 0.3) is 5.52 Å². The molecular formula is C12H13N3O. The van der Waals surface area contributed by atoms with Crippen molar-refractivity contribution in [2.75, 3.05) is 5.32 Å². The molecule has 2 aromatic heterocycles. The Bertz CT molecular complexity index is 558. The van der Waals surface area contributed by atoms with E-state index in [4.69, 9.17) is 0 Å². The zero-order valence-corrected chi connectivity index (χ0v) is 8.85. The van der Waals surface area contributed by atoms with Gasteiger partial charge >= 0.3 is 6.01 Å². The largest absolute Gasteiger partial charge is 0.480 e. The predicted octanol–water partition coefficient (Wildman–Crippen LogP) is 2.00. The minimum atomic E-state index is 0.0599. The predicted molar refractivity (Wildman–Crippen MR) is 60.6 cm³/mol. The van der Waals surface area contributed by atoms with Crippen molar-refractivity contribution in [1.29, 1.82) is 0 Å². The van der Waals surface area contributed by atoms with E-state index in [-0.39, 0.29) is 6.01 Å². The fourth-order valence-electron chi connectivity index (χ4n) is 3.00. The lowest BCUT2D eigenvalue weighted by Gasteiger charge is -2.62. The van der Waals surface area contributed by atoms with Gasteiger partial charge in [0, 0.05) is 11.7 Å². The molecule has 2 bridgehead atoms. The second-order valence-electron chi connectivity index (χ2n) is 5.10. The molecule has 0 radical (unpaired) electrons. The van der Waals surface area contributed by atoms with Gasteiger partial charge in [-0.1, -0.05) is 6.07 Å². The molecular weight excluding hydrogens is 202 g/mol. The molecule has 2 heterocycles. The maximum absolute atomic E-state index is 9.70. The van der Waals surface area contributed by atoms with Gasteiger partial charge in [0.1, 0.15) is 0 Å². The standard InChI is InChI=1S/C12H13N3O/c16-11-13-10(9-3-1-2-4-15(9)11)14-12-5-8(6-12)7-12/h1-4,8,14H,5-7H2,(H,13,16). The molecule has 16 heavy (non-hydrogen) atoms. The lowest BCUT2D eigenvalue weighted by molar-refractivity contribution is 0.00194. The number of imidazole rings is 1. The highest BCUT2D eigenvalue weighted by molar-refractivity contribution is 5.71. The van der Waals surface area contributed by atoms with E-state index in [2.05, 4.69) is 10.3 Å². The van der Waals surface area contributed by atoms with Crippen LogP contribution in [-0.4, -0.2) is 20.0 Å². The summed E-state index contributed by atoms with van der Waals surface area (Å²) in [6.07, 6.45) is 5.61. The third-order valence-electron chi connectivity index (χ3n) is 3.95. The highest BCUT2D eigenvalue weighted by Crippen LogP contribution is 2.58. The molecule has 2 aromatic rings. The van der Waals surface area contributed by atoms with Crippen LogP contribution in [0.2, 0.25) is 0 Å². The summed E-state index contributed by atoms with van der Waals surface area (Å²) in [7, 11) is 0. The zero-order valence-electron chi connectivity index (χ0n) is 8.85. The number of fused-ring (bicyclic) bond motifs is 1. The Morgan fingerprint density at radius 2 is 2.19 bits per heavy atom. The quantitative estimate of drug-likeness (QED) is 0.805. The molecule has 2 N–H and O–H groups in total. The maximum Gasteiger partial charge on any atom is 0.300 e. The summed E-state index contributed by atoms with van der Waals surface area (Å²) in [5.41, 5.74) is 1.24. The average molecular weight is 215 g/mol. The molecule has 0 aliphatic heterocycles. The molecule has 4 nitrogen and oxygen atoms in total. The number of anilines is 1. The Kier molecular flexibility index (Phi) is 1.32. The van der Waals surface area contributed by atoms with Gasteiger partial charge in [0.25, 0.3) is 0 Å². The number of hydrogen-bond donors (Lipinski definition) is 2. The Balaban J connectivity index is 1.79. The van der Waals surface area contributed by atoms with Gasteiger partial charge in [0.05, 0.1) is 5.52 Å². The number of pyridine rings is 1. The second-order valence-corrected chi connectivity index (χ2v) is 5.10. The lowest BCUT2D eigenvalue weighted by atomic mass is 9.50. The van der Waals surface area contributed by atoms with Crippen LogP contribution >= 0.6 is 0 Å². The lowest BCUT2D eigenvalue weighted by Crippen LogP contribution is -2.63. The Morgan fingerprint density at radius 1 is 1.38 bits per heavy atom. The molecule has 0 aromatic carbocycles. The van der Waals surface area contributed by atoms with Crippen LogP contribution in [0.4, 0.5) is 5.82 Å². The third-order valence-corrected chi connectivity index (χ3v) is 3.95. The SMILES string of the molecule is Oc1nc(NC23CC(C2)C3)c2ccccn12. The van der Waals surface area contributed by atoms with Crippen molar-refractivity contribution in [1.82, 2.24) is 9.38 Å². The van der Waals surface area contributed by atoms with Crippen LogP contribution < -0.4 is 5.32 Å². The molecule has 5 rings (SSSR count). The van der Waals surface area contributed by atoms with Gasteiger partial charge in [-0.05, 0) is 37.3 Å². The van der Waals surface area contributed by atoms with Gasteiger partial charge in [-0.15, -0.1) is 0 Å². The first-order chi connectivity index (χ1) is 7.76. The fraction of sp³-hybridized carbons (Fsp3) is 0.417. The molecule has 0 unspecified atom stereocenters. The molecule has 0 atom stereocenters. The van der Waals surface area contributed by atoms with Crippen molar-refractivity contribution >= 4 is 11.3 Å².